The van der Waals surface area contributed by atoms with Crippen LogP contribution in [0, 0.1) is 0 Å². The van der Waals surface area contributed by atoms with Crippen LogP contribution in [0.3, 0.4) is 0 Å². The molecule has 3 aliphatic rings. The summed E-state index contributed by atoms with van der Waals surface area (Å²) in [4.78, 5) is 62.3. The standard InChI is InChI=1S/C30H24N6O4S/c37-24-10-13-35(30(40)33-24)36-28(38)21-7-6-18(14-22(21)29(36)39)15-34-11-8-20(9-12-34)26-25-23(19-4-2-1-3-5-19)16-41-27(25)32-17-31-26/h1-8,14,16-17H,9-13,15H2,(H,33,37,40). The summed E-state index contributed by atoms with van der Waals surface area (Å²) in [7, 11) is 0. The average Bonchev–Trinajstić information content (AvgIpc) is 3.53. The second-order valence-corrected chi connectivity index (χ2v) is 11.0. The largest absolute Gasteiger partial charge is 0.343 e. The number of nitrogens with one attached hydrogen (secondary N) is 1. The first-order chi connectivity index (χ1) is 20.0. The van der Waals surface area contributed by atoms with Gasteiger partial charge in [-0.1, -0.05) is 42.5 Å². The molecule has 0 aliphatic carbocycles. The second kappa shape index (κ2) is 10.0. The number of hydrogen-bond donors (Lipinski definition) is 1. The van der Waals surface area contributed by atoms with Gasteiger partial charge in [0.15, 0.2) is 0 Å². The molecule has 4 aromatic rings. The lowest BCUT2D eigenvalue weighted by Gasteiger charge is -2.32. The highest BCUT2D eigenvalue weighted by molar-refractivity contribution is 7.17. The Morgan fingerprint density at radius 3 is 2.49 bits per heavy atom. The van der Waals surface area contributed by atoms with E-state index in [9.17, 15) is 19.2 Å². The van der Waals surface area contributed by atoms with Gasteiger partial charge < -0.3 is 0 Å². The fraction of sp³-hybridized carbons (Fsp3) is 0.200. The third kappa shape index (κ3) is 4.39. The smallest absolute Gasteiger partial charge is 0.295 e. The van der Waals surface area contributed by atoms with E-state index in [1.165, 1.54) is 5.57 Å². The molecule has 3 aliphatic heterocycles. The van der Waals surface area contributed by atoms with Crippen LogP contribution in [0.25, 0.3) is 26.9 Å². The van der Waals surface area contributed by atoms with Gasteiger partial charge in [-0.05, 0) is 35.3 Å². The van der Waals surface area contributed by atoms with Crippen molar-refractivity contribution in [2.45, 2.75) is 19.4 Å². The van der Waals surface area contributed by atoms with Crippen LogP contribution in [-0.4, -0.2) is 68.3 Å². The molecular formula is C30H24N6O4S. The summed E-state index contributed by atoms with van der Waals surface area (Å²) in [6, 6.07) is 14.7. The summed E-state index contributed by atoms with van der Waals surface area (Å²) < 4.78 is 0. The summed E-state index contributed by atoms with van der Waals surface area (Å²) in [5.41, 5.74) is 5.86. The zero-order valence-electron chi connectivity index (χ0n) is 21.9. The van der Waals surface area contributed by atoms with Gasteiger partial charge in [0.1, 0.15) is 11.2 Å². The number of hydrogen-bond acceptors (Lipinski definition) is 8. The van der Waals surface area contributed by atoms with Crippen LogP contribution in [0.2, 0.25) is 0 Å². The molecule has 1 N–H and O–H groups in total. The Morgan fingerprint density at radius 1 is 0.878 bits per heavy atom. The molecule has 0 unspecified atom stereocenters. The maximum atomic E-state index is 13.2. The lowest BCUT2D eigenvalue weighted by Crippen LogP contribution is -2.58. The molecule has 0 bridgehead atoms. The van der Waals surface area contributed by atoms with Gasteiger partial charge >= 0.3 is 6.03 Å². The van der Waals surface area contributed by atoms with E-state index in [1.807, 2.05) is 24.3 Å². The molecule has 0 saturated carbocycles. The van der Waals surface area contributed by atoms with Crippen LogP contribution in [-0.2, 0) is 11.3 Å². The van der Waals surface area contributed by atoms with E-state index < -0.39 is 23.8 Å². The third-order valence-electron chi connectivity index (χ3n) is 7.66. The molecule has 0 spiro atoms. The van der Waals surface area contributed by atoms with E-state index >= 15 is 0 Å². The number of rotatable bonds is 5. The molecular weight excluding hydrogens is 540 g/mol. The number of carbonyl (C=O) groups is 4. The Labute approximate surface area is 238 Å². The van der Waals surface area contributed by atoms with Gasteiger partial charge in [0, 0.05) is 42.4 Å². The Kier molecular flexibility index (Phi) is 6.17. The van der Waals surface area contributed by atoms with E-state index in [2.05, 4.69) is 38.8 Å². The van der Waals surface area contributed by atoms with Gasteiger partial charge in [0.2, 0.25) is 5.91 Å². The third-order valence-corrected chi connectivity index (χ3v) is 8.55. The Bertz CT molecular complexity index is 1780. The fourth-order valence-electron chi connectivity index (χ4n) is 5.62. The number of hydrazine groups is 1. The van der Waals surface area contributed by atoms with Crippen LogP contribution in [0.15, 0.2) is 66.3 Å². The normalized spacial score (nSPS) is 17.7. The number of aromatic nitrogens is 2. The van der Waals surface area contributed by atoms with E-state index in [-0.39, 0.29) is 24.1 Å². The van der Waals surface area contributed by atoms with Crippen LogP contribution in [0.5, 0.6) is 0 Å². The summed E-state index contributed by atoms with van der Waals surface area (Å²) in [6.45, 7) is 2.09. The zero-order chi connectivity index (χ0) is 28.1. The topological polar surface area (TPSA) is 116 Å². The molecule has 2 aromatic carbocycles. The first kappa shape index (κ1) is 25.2. The van der Waals surface area contributed by atoms with E-state index in [4.69, 9.17) is 4.98 Å². The number of urea groups is 1. The number of benzene rings is 2. The molecule has 2 aromatic heterocycles. The SMILES string of the molecule is O=C1CCN(N2C(=O)c3ccc(CN4CC=C(c5ncnc6scc(-c7ccccc7)c56)CC4)cc3C2=O)C(=O)N1. The predicted molar refractivity (Wildman–Crippen MR) is 153 cm³/mol. The second-order valence-electron chi connectivity index (χ2n) is 10.2. The van der Waals surface area contributed by atoms with E-state index in [0.717, 1.165) is 55.6 Å². The van der Waals surface area contributed by atoms with Crippen molar-refractivity contribution in [3.05, 3.63) is 88.7 Å². The van der Waals surface area contributed by atoms with Crippen molar-refractivity contribution in [1.29, 1.82) is 0 Å². The van der Waals surface area contributed by atoms with E-state index in [1.54, 1.807) is 29.8 Å². The molecule has 41 heavy (non-hydrogen) atoms. The first-order valence-electron chi connectivity index (χ1n) is 13.3. The first-order valence-corrected chi connectivity index (χ1v) is 14.2. The summed E-state index contributed by atoms with van der Waals surface area (Å²) in [5.74, 6) is -1.55. The summed E-state index contributed by atoms with van der Waals surface area (Å²) in [6.07, 6.45) is 4.68. The van der Waals surface area contributed by atoms with Gasteiger partial charge in [-0.15, -0.1) is 11.3 Å². The van der Waals surface area contributed by atoms with Crippen molar-refractivity contribution in [3.63, 3.8) is 0 Å². The van der Waals surface area contributed by atoms with Crippen molar-refractivity contribution in [3.8, 4) is 11.1 Å². The zero-order valence-corrected chi connectivity index (χ0v) is 22.7. The van der Waals surface area contributed by atoms with Gasteiger partial charge in [-0.3, -0.25) is 24.6 Å². The highest BCUT2D eigenvalue weighted by atomic mass is 32.1. The highest BCUT2D eigenvalue weighted by Gasteiger charge is 2.43. The number of amides is 5. The lowest BCUT2D eigenvalue weighted by atomic mass is 9.97. The number of imide groups is 2. The Hall–Kier alpha value is -4.74. The summed E-state index contributed by atoms with van der Waals surface area (Å²) >= 11 is 1.62. The number of nitrogens with zero attached hydrogens (tertiary/aromatic N) is 5. The number of carbonyl (C=O) groups excluding carboxylic acids is 4. The monoisotopic (exact) mass is 564 g/mol. The van der Waals surface area contributed by atoms with Crippen LogP contribution in [0.4, 0.5) is 4.79 Å². The molecule has 5 amide bonds. The lowest BCUT2D eigenvalue weighted by molar-refractivity contribution is -0.122. The van der Waals surface area contributed by atoms with Gasteiger partial charge in [0.25, 0.3) is 11.8 Å². The van der Waals surface area contributed by atoms with Gasteiger partial charge in [0.05, 0.1) is 23.4 Å². The average molecular weight is 565 g/mol. The van der Waals surface area contributed by atoms with Gasteiger partial charge in [-0.25, -0.2) is 19.8 Å². The Balaban J connectivity index is 1.09. The molecule has 10 nitrogen and oxygen atoms in total. The van der Waals surface area contributed by atoms with Crippen molar-refractivity contribution in [1.82, 2.24) is 30.2 Å². The number of thiophene rings is 1. The minimum Gasteiger partial charge on any atom is -0.295 e. The fourth-order valence-corrected chi connectivity index (χ4v) is 6.53. The van der Waals surface area contributed by atoms with Crippen LogP contribution >= 0.6 is 11.3 Å². The van der Waals surface area contributed by atoms with E-state index in [0.29, 0.717) is 13.1 Å². The maximum Gasteiger partial charge on any atom is 0.343 e. The molecule has 5 heterocycles. The molecule has 7 rings (SSSR count). The number of fused-ring (bicyclic) bond motifs is 2. The van der Waals surface area contributed by atoms with Crippen molar-refractivity contribution < 1.29 is 19.2 Å². The maximum absolute atomic E-state index is 13.2. The van der Waals surface area contributed by atoms with Crippen LogP contribution in [0.1, 0.15) is 44.8 Å². The molecule has 204 valence electrons. The van der Waals surface area contributed by atoms with Gasteiger partial charge in [-0.2, -0.15) is 5.01 Å². The molecule has 11 heteroatoms. The Morgan fingerprint density at radius 2 is 1.71 bits per heavy atom. The minimum absolute atomic E-state index is 0.0232. The van der Waals surface area contributed by atoms with Crippen molar-refractivity contribution in [2.24, 2.45) is 0 Å². The minimum atomic E-state index is -0.772. The van der Waals surface area contributed by atoms with Crippen molar-refractivity contribution in [2.75, 3.05) is 19.6 Å². The highest BCUT2D eigenvalue weighted by Crippen LogP contribution is 2.38. The molecule has 0 atom stereocenters. The predicted octanol–water partition coefficient (Wildman–Crippen LogP) is 4.10. The molecule has 1 saturated heterocycles. The van der Waals surface area contributed by atoms with Crippen molar-refractivity contribution >= 4 is 50.9 Å². The van der Waals surface area contributed by atoms with Crippen LogP contribution < -0.4 is 5.32 Å². The molecule has 0 radical (unpaired) electrons. The quantitative estimate of drug-likeness (QED) is 0.363. The summed E-state index contributed by atoms with van der Waals surface area (Å²) in [5, 5.41) is 7.23. The molecule has 1 fully saturated rings.